The maximum atomic E-state index is 11.0. The first-order valence-electron chi connectivity index (χ1n) is 7.08. The zero-order valence-corrected chi connectivity index (χ0v) is 12.4. The van der Waals surface area contributed by atoms with E-state index in [4.69, 9.17) is 0 Å². The predicted octanol–water partition coefficient (Wildman–Crippen LogP) is 2.54. The summed E-state index contributed by atoms with van der Waals surface area (Å²) in [5.41, 5.74) is 3.24. The zero-order valence-electron chi connectivity index (χ0n) is 12.4. The summed E-state index contributed by atoms with van der Waals surface area (Å²) in [6, 6.07) is 11.1. The van der Waals surface area contributed by atoms with Crippen molar-refractivity contribution in [1.82, 2.24) is 0 Å². The van der Waals surface area contributed by atoms with Crippen LogP contribution in [-0.2, 0) is 6.42 Å². The van der Waals surface area contributed by atoms with Gasteiger partial charge in [0, 0.05) is 30.7 Å². The highest BCUT2D eigenvalue weighted by atomic mass is 16.6. The molecule has 1 heterocycles. The van der Waals surface area contributed by atoms with E-state index in [0.717, 1.165) is 29.8 Å². The molecule has 0 aliphatic carbocycles. The fraction of sp³-hybridized carbons (Fsp3) is 0.188. The monoisotopic (exact) mass is 312 g/mol. The average molecular weight is 312 g/mol. The Morgan fingerprint density at radius 3 is 2.39 bits per heavy atom. The van der Waals surface area contributed by atoms with Gasteiger partial charge in [-0.2, -0.15) is 0 Å². The topological polar surface area (TPSA) is 89.3 Å². The smallest absolute Gasteiger partial charge is 0.258 e. The maximum Gasteiger partial charge on any atom is 0.270 e. The summed E-state index contributed by atoms with van der Waals surface area (Å²) in [5.74, 6) is 0. The van der Waals surface area contributed by atoms with E-state index < -0.39 is 9.85 Å². The van der Waals surface area contributed by atoms with Gasteiger partial charge in [-0.15, -0.1) is 0 Å². The Balaban J connectivity index is 2.19. The minimum Gasteiger partial charge on any atom is -0.258 e. The standard InChI is InChI=1S/C16H14N3O4/c1-17-8-7-11-5-6-14(19(22)23)10-15(11)16(17)12-3-2-4-13(9-12)18(20)21/h2-6,9-10H,7-8H2,1H3/q+1. The van der Waals surface area contributed by atoms with Crippen LogP contribution in [0.5, 0.6) is 0 Å². The number of rotatable bonds is 3. The van der Waals surface area contributed by atoms with Crippen LogP contribution < -0.4 is 0 Å². The zero-order chi connectivity index (χ0) is 16.6. The molecule has 0 N–H and O–H groups in total. The molecule has 0 unspecified atom stereocenters. The minimum atomic E-state index is -0.443. The second-order valence-electron chi connectivity index (χ2n) is 5.43. The summed E-state index contributed by atoms with van der Waals surface area (Å²) in [6.07, 6.45) is 0.780. The fourth-order valence-corrected chi connectivity index (χ4v) is 2.86. The summed E-state index contributed by atoms with van der Waals surface area (Å²) < 4.78 is 1.98. The molecular formula is C16H14N3O4+. The minimum absolute atomic E-state index is 0.000884. The van der Waals surface area contributed by atoms with Crippen LogP contribution in [0.2, 0.25) is 0 Å². The van der Waals surface area contributed by atoms with E-state index in [0.29, 0.717) is 5.56 Å². The summed E-state index contributed by atoms with van der Waals surface area (Å²) in [7, 11) is 1.88. The first-order valence-corrected chi connectivity index (χ1v) is 7.08. The van der Waals surface area contributed by atoms with Crippen molar-refractivity contribution in [3.8, 4) is 0 Å². The number of likely N-dealkylation sites (N-methyl/N-ethyl adjacent to an activating group) is 1. The molecule has 7 nitrogen and oxygen atoms in total. The van der Waals surface area contributed by atoms with Gasteiger partial charge in [-0.1, -0.05) is 12.1 Å². The van der Waals surface area contributed by atoms with Gasteiger partial charge < -0.3 is 0 Å². The van der Waals surface area contributed by atoms with Crippen molar-refractivity contribution in [3.05, 3.63) is 79.4 Å². The highest BCUT2D eigenvalue weighted by Crippen LogP contribution is 2.26. The maximum absolute atomic E-state index is 11.0. The third-order valence-corrected chi connectivity index (χ3v) is 3.99. The van der Waals surface area contributed by atoms with Crippen molar-refractivity contribution in [1.29, 1.82) is 0 Å². The number of benzene rings is 2. The molecule has 0 radical (unpaired) electrons. The predicted molar refractivity (Wildman–Crippen MR) is 84.2 cm³/mol. The molecule has 1 aliphatic heterocycles. The number of hydrogen-bond acceptors (Lipinski definition) is 4. The van der Waals surface area contributed by atoms with Crippen LogP contribution in [0.4, 0.5) is 11.4 Å². The van der Waals surface area contributed by atoms with E-state index in [1.54, 1.807) is 24.3 Å². The van der Waals surface area contributed by atoms with Crippen LogP contribution in [-0.4, -0.2) is 33.7 Å². The van der Waals surface area contributed by atoms with Crippen LogP contribution >= 0.6 is 0 Å². The molecule has 3 rings (SSSR count). The van der Waals surface area contributed by atoms with Gasteiger partial charge in [0.15, 0.2) is 0 Å². The van der Waals surface area contributed by atoms with Crippen molar-refractivity contribution >= 4 is 17.1 Å². The highest BCUT2D eigenvalue weighted by Gasteiger charge is 2.28. The Morgan fingerprint density at radius 2 is 1.70 bits per heavy atom. The van der Waals surface area contributed by atoms with Gasteiger partial charge in [0.25, 0.3) is 11.4 Å². The molecule has 1 aliphatic rings. The van der Waals surface area contributed by atoms with E-state index in [1.807, 2.05) is 11.6 Å². The Hall–Kier alpha value is -3.09. The number of nitro benzene ring substituents is 2. The van der Waals surface area contributed by atoms with E-state index in [-0.39, 0.29) is 11.4 Å². The van der Waals surface area contributed by atoms with Gasteiger partial charge in [-0.3, -0.25) is 20.2 Å². The molecule has 116 valence electrons. The van der Waals surface area contributed by atoms with Crippen LogP contribution in [0, 0.1) is 20.2 Å². The summed E-state index contributed by atoms with van der Waals surface area (Å²) in [4.78, 5) is 21.2. The first kappa shape index (κ1) is 14.8. The van der Waals surface area contributed by atoms with Crippen molar-refractivity contribution in [3.63, 3.8) is 0 Å². The van der Waals surface area contributed by atoms with Gasteiger partial charge in [0.2, 0.25) is 5.71 Å². The Kier molecular flexibility index (Phi) is 3.61. The van der Waals surface area contributed by atoms with Gasteiger partial charge in [0.1, 0.15) is 13.6 Å². The molecule has 0 aromatic heterocycles. The average Bonchev–Trinajstić information content (AvgIpc) is 2.54. The van der Waals surface area contributed by atoms with E-state index in [1.165, 1.54) is 18.2 Å². The fourth-order valence-electron chi connectivity index (χ4n) is 2.86. The molecule has 0 bridgehead atoms. The lowest BCUT2D eigenvalue weighted by molar-refractivity contribution is -0.497. The Bertz CT molecular complexity index is 858. The third kappa shape index (κ3) is 2.68. The van der Waals surface area contributed by atoms with Crippen molar-refractivity contribution in [2.45, 2.75) is 6.42 Å². The third-order valence-electron chi connectivity index (χ3n) is 3.99. The van der Waals surface area contributed by atoms with Crippen molar-refractivity contribution in [2.75, 3.05) is 13.6 Å². The molecular weight excluding hydrogens is 298 g/mol. The highest BCUT2D eigenvalue weighted by molar-refractivity contribution is 6.11. The van der Waals surface area contributed by atoms with Crippen LogP contribution in [0.15, 0.2) is 42.5 Å². The Morgan fingerprint density at radius 1 is 1.00 bits per heavy atom. The van der Waals surface area contributed by atoms with Crippen LogP contribution in [0.3, 0.4) is 0 Å². The number of nitro groups is 2. The quantitative estimate of drug-likeness (QED) is 0.495. The van der Waals surface area contributed by atoms with Gasteiger partial charge in [0.05, 0.1) is 21.0 Å². The SMILES string of the molecule is C[N+]1=C(c2cccc([N+](=O)[O-])c2)c2cc([N+](=O)[O-])ccc2CC1. The summed E-state index contributed by atoms with van der Waals surface area (Å²) in [6.45, 7) is 0.753. The number of hydrogen-bond donors (Lipinski definition) is 0. The number of nitrogens with zero attached hydrogens (tertiary/aromatic N) is 3. The molecule has 0 atom stereocenters. The van der Waals surface area contributed by atoms with Crippen LogP contribution in [0.25, 0.3) is 0 Å². The van der Waals surface area contributed by atoms with E-state index >= 15 is 0 Å². The van der Waals surface area contributed by atoms with Crippen molar-refractivity contribution in [2.24, 2.45) is 0 Å². The molecule has 23 heavy (non-hydrogen) atoms. The molecule has 0 amide bonds. The van der Waals surface area contributed by atoms with E-state index in [2.05, 4.69) is 0 Å². The molecule has 2 aromatic rings. The van der Waals surface area contributed by atoms with Gasteiger partial charge in [-0.05, 0) is 11.6 Å². The second-order valence-corrected chi connectivity index (χ2v) is 5.43. The lowest BCUT2D eigenvalue weighted by atomic mass is 9.92. The molecule has 0 saturated heterocycles. The number of fused-ring (bicyclic) bond motifs is 1. The van der Waals surface area contributed by atoms with Gasteiger partial charge in [-0.25, -0.2) is 4.58 Å². The first-order chi connectivity index (χ1) is 11.0. The van der Waals surface area contributed by atoms with Crippen LogP contribution in [0.1, 0.15) is 16.7 Å². The lowest BCUT2D eigenvalue weighted by Gasteiger charge is -2.16. The van der Waals surface area contributed by atoms with E-state index in [9.17, 15) is 20.2 Å². The second kappa shape index (κ2) is 5.60. The van der Waals surface area contributed by atoms with Crippen molar-refractivity contribution < 1.29 is 14.4 Å². The molecule has 0 fully saturated rings. The largest absolute Gasteiger partial charge is 0.270 e. The molecule has 7 heteroatoms. The number of non-ortho nitro benzene ring substituents is 2. The molecule has 0 spiro atoms. The lowest BCUT2D eigenvalue weighted by Crippen LogP contribution is -2.28. The molecule has 2 aromatic carbocycles. The molecule has 0 saturated carbocycles. The summed E-state index contributed by atoms with van der Waals surface area (Å²) in [5, 5.41) is 22.0. The normalized spacial score (nSPS) is 13.6. The summed E-state index contributed by atoms with van der Waals surface area (Å²) >= 11 is 0. The van der Waals surface area contributed by atoms with Gasteiger partial charge >= 0.3 is 0 Å². The Labute approximate surface area is 131 Å².